The number of hydrogen-bond acceptors (Lipinski definition) is 4. The van der Waals surface area contributed by atoms with Gasteiger partial charge in [-0.15, -0.1) is 0 Å². The third kappa shape index (κ3) is 1.97. The number of carbonyl (C=O) groups excluding carboxylic acids is 1. The summed E-state index contributed by atoms with van der Waals surface area (Å²) in [6.45, 7) is 3.32. The van der Waals surface area contributed by atoms with Crippen molar-refractivity contribution < 1.29 is 18.1 Å². The predicted octanol–water partition coefficient (Wildman–Crippen LogP) is 0.159. The minimum Gasteiger partial charge on any atom is -0.372 e. The molecule has 0 spiro atoms. The van der Waals surface area contributed by atoms with Crippen LogP contribution in [0.4, 0.5) is 0 Å². The predicted molar refractivity (Wildman–Crippen MR) is 42.0 cm³/mol. The fourth-order valence-electron chi connectivity index (χ4n) is 0.677. The summed E-state index contributed by atoms with van der Waals surface area (Å²) in [7, 11) is 1.05. The second-order valence-electron chi connectivity index (χ2n) is 1.74. The number of rotatable bonds is 5. The van der Waals surface area contributed by atoms with E-state index in [0.717, 1.165) is 6.08 Å². The van der Waals surface area contributed by atoms with Crippen molar-refractivity contribution in [2.75, 3.05) is 21.3 Å². The van der Waals surface area contributed by atoms with Crippen LogP contribution >= 0.6 is 0 Å². The Morgan fingerprint density at radius 1 is 1.27 bits per heavy atom. The molecule has 0 N–H and O–H groups in total. The summed E-state index contributed by atoms with van der Waals surface area (Å²) < 4.78 is 14.6. The third-order valence-corrected chi connectivity index (χ3v) is 3.71. The Bertz CT molecular complexity index is 144. The molecule has 0 saturated heterocycles. The van der Waals surface area contributed by atoms with Crippen LogP contribution < -0.4 is 0 Å². The molecule has 0 unspecified atom stereocenters. The monoisotopic (exact) mass is 176 g/mol. The molecule has 11 heavy (non-hydrogen) atoms. The van der Waals surface area contributed by atoms with Gasteiger partial charge in [0.2, 0.25) is 5.41 Å². The van der Waals surface area contributed by atoms with E-state index in [1.165, 1.54) is 21.3 Å². The molecular weight excluding hydrogens is 164 g/mol. The highest BCUT2D eigenvalue weighted by Gasteiger charge is 2.45. The Morgan fingerprint density at radius 2 is 1.64 bits per heavy atom. The topological polar surface area (TPSA) is 44.8 Å². The summed E-state index contributed by atoms with van der Waals surface area (Å²) in [6, 6.07) is 0. The van der Waals surface area contributed by atoms with Crippen molar-refractivity contribution in [2.24, 2.45) is 0 Å². The van der Waals surface area contributed by atoms with Crippen molar-refractivity contribution in [3.8, 4) is 0 Å². The Hall–Kier alpha value is -0.493. The summed E-state index contributed by atoms with van der Waals surface area (Å²) in [5.41, 5.74) is 0. The van der Waals surface area contributed by atoms with Crippen LogP contribution in [0.2, 0.25) is 0 Å². The van der Waals surface area contributed by atoms with Gasteiger partial charge in [0.15, 0.2) is 0 Å². The highest BCUT2D eigenvalue weighted by atomic mass is 28.4. The van der Waals surface area contributed by atoms with Gasteiger partial charge in [-0.2, -0.15) is 0 Å². The first-order chi connectivity index (χ1) is 5.16. The molecule has 0 heterocycles. The van der Waals surface area contributed by atoms with Gasteiger partial charge in [0, 0.05) is 21.3 Å². The molecule has 0 saturated carbocycles. The molecule has 0 amide bonds. The molecule has 0 radical (unpaired) electrons. The average Bonchev–Trinajstić information content (AvgIpc) is 2.08. The molecule has 0 aromatic carbocycles. The summed E-state index contributed by atoms with van der Waals surface area (Å²) in [4.78, 5) is 11.1. The number of hydrogen-bond donors (Lipinski definition) is 0. The lowest BCUT2D eigenvalue weighted by Crippen LogP contribution is -2.50. The molecule has 0 aliphatic carbocycles. The summed E-state index contributed by atoms with van der Waals surface area (Å²) in [5.74, 6) is 0. The molecule has 0 rings (SSSR count). The highest BCUT2D eigenvalue weighted by Crippen LogP contribution is 2.07. The van der Waals surface area contributed by atoms with E-state index in [0.29, 0.717) is 0 Å². The van der Waals surface area contributed by atoms with Gasteiger partial charge in [-0.3, -0.25) is 4.79 Å². The lowest BCUT2D eigenvalue weighted by molar-refractivity contribution is -0.114. The molecule has 0 fully saturated rings. The van der Waals surface area contributed by atoms with Crippen LogP contribution in [-0.4, -0.2) is 35.5 Å². The first-order valence-electron chi connectivity index (χ1n) is 2.99. The quantitative estimate of drug-likeness (QED) is 0.442. The normalized spacial score (nSPS) is 11.2. The van der Waals surface area contributed by atoms with Gasteiger partial charge in [0.05, 0.1) is 0 Å². The molecule has 5 heteroatoms. The van der Waals surface area contributed by atoms with Crippen LogP contribution in [0.3, 0.4) is 0 Å². The summed E-state index contributed by atoms with van der Waals surface area (Å²) in [6.07, 6.45) is 1.14. The van der Waals surface area contributed by atoms with Crippen LogP contribution in [-0.2, 0) is 18.1 Å². The van der Waals surface area contributed by atoms with Crippen LogP contribution in [0.5, 0.6) is 0 Å². The van der Waals surface area contributed by atoms with Crippen LogP contribution in [0.15, 0.2) is 12.7 Å². The maximum absolute atomic E-state index is 11.1. The van der Waals surface area contributed by atoms with Gasteiger partial charge in [0.25, 0.3) is 0 Å². The van der Waals surface area contributed by atoms with Crippen molar-refractivity contribution in [3.63, 3.8) is 0 Å². The molecule has 4 nitrogen and oxygen atoms in total. The van der Waals surface area contributed by atoms with E-state index in [-0.39, 0.29) is 5.41 Å². The minimum absolute atomic E-state index is 0.329. The van der Waals surface area contributed by atoms with Crippen molar-refractivity contribution in [2.45, 2.75) is 0 Å². The molecule has 0 aliphatic rings. The van der Waals surface area contributed by atoms with Gasteiger partial charge >= 0.3 is 8.80 Å². The maximum atomic E-state index is 11.1. The Kier molecular flexibility index (Phi) is 4.20. The van der Waals surface area contributed by atoms with Crippen molar-refractivity contribution in [1.82, 2.24) is 0 Å². The zero-order chi connectivity index (χ0) is 8.91. The lowest BCUT2D eigenvalue weighted by atomic mass is 10.7. The van der Waals surface area contributed by atoms with Gasteiger partial charge in [0.1, 0.15) is 0 Å². The second kappa shape index (κ2) is 4.40. The standard InChI is InChI=1S/C6H12O4Si/c1-5-6(7)11(8-2,9-3)10-4/h5H,1H2,2-4H3. The van der Waals surface area contributed by atoms with Crippen LogP contribution in [0.1, 0.15) is 0 Å². The Balaban J connectivity index is 4.52. The molecule has 0 atom stereocenters. The molecule has 0 aliphatic heterocycles. The molecule has 0 aromatic heterocycles. The second-order valence-corrected chi connectivity index (χ2v) is 4.57. The van der Waals surface area contributed by atoms with E-state index >= 15 is 0 Å². The number of carbonyl (C=O) groups is 1. The molecular formula is C6H12O4Si. The van der Waals surface area contributed by atoms with E-state index in [4.69, 9.17) is 13.3 Å². The smallest absolute Gasteiger partial charge is 0.372 e. The van der Waals surface area contributed by atoms with Crippen molar-refractivity contribution in [1.29, 1.82) is 0 Å². The van der Waals surface area contributed by atoms with Gasteiger partial charge in [-0.05, 0) is 6.08 Å². The van der Waals surface area contributed by atoms with E-state index in [1.807, 2.05) is 0 Å². The van der Waals surface area contributed by atoms with Crippen LogP contribution in [0, 0.1) is 0 Å². The Labute approximate surface area is 67.1 Å². The molecule has 0 bridgehead atoms. The van der Waals surface area contributed by atoms with Gasteiger partial charge < -0.3 is 13.3 Å². The molecule has 0 aromatic rings. The SMILES string of the molecule is C=CC(=O)[Si](OC)(OC)OC. The largest absolute Gasteiger partial charge is 0.578 e. The van der Waals surface area contributed by atoms with E-state index in [2.05, 4.69) is 6.58 Å². The Morgan fingerprint density at radius 3 is 1.73 bits per heavy atom. The first kappa shape index (κ1) is 10.5. The van der Waals surface area contributed by atoms with E-state index < -0.39 is 8.80 Å². The highest BCUT2D eigenvalue weighted by molar-refractivity contribution is 6.94. The van der Waals surface area contributed by atoms with Crippen molar-refractivity contribution in [3.05, 3.63) is 12.7 Å². The maximum Gasteiger partial charge on any atom is 0.578 e. The fraction of sp³-hybridized carbons (Fsp3) is 0.500. The third-order valence-electron chi connectivity index (χ3n) is 1.29. The van der Waals surface area contributed by atoms with Crippen molar-refractivity contribution >= 4 is 14.2 Å². The van der Waals surface area contributed by atoms with E-state index in [9.17, 15) is 4.79 Å². The van der Waals surface area contributed by atoms with Gasteiger partial charge in [-0.1, -0.05) is 6.58 Å². The fourth-order valence-corrected chi connectivity index (χ4v) is 2.03. The van der Waals surface area contributed by atoms with E-state index in [1.54, 1.807) is 0 Å². The minimum atomic E-state index is -3.08. The number of allylic oxidation sites excluding steroid dienone is 1. The zero-order valence-electron chi connectivity index (χ0n) is 6.92. The average molecular weight is 176 g/mol. The summed E-state index contributed by atoms with van der Waals surface area (Å²) >= 11 is 0. The zero-order valence-corrected chi connectivity index (χ0v) is 7.92. The van der Waals surface area contributed by atoms with Gasteiger partial charge in [-0.25, -0.2) is 0 Å². The van der Waals surface area contributed by atoms with Crippen LogP contribution in [0.25, 0.3) is 0 Å². The summed E-state index contributed by atoms with van der Waals surface area (Å²) in [5, 5.41) is -0.329. The lowest BCUT2D eigenvalue weighted by Gasteiger charge is -2.20. The molecule has 64 valence electrons. The first-order valence-corrected chi connectivity index (χ1v) is 4.71.